The highest BCUT2D eigenvalue weighted by atomic mass is 16.7. The van der Waals surface area contributed by atoms with Crippen LogP contribution < -0.4 is 19.2 Å². The number of non-ortho nitro benzene ring substituents is 1. The summed E-state index contributed by atoms with van der Waals surface area (Å²) in [5.74, 6) is -0.574. The fraction of sp³-hybridized carbons (Fsp3) is 0.233. The number of rotatable bonds is 14. The number of nitro groups is 1. The lowest BCUT2D eigenvalue weighted by Gasteiger charge is -2.23. The molecule has 0 spiro atoms. The Morgan fingerprint density at radius 2 is 1.36 bits per heavy atom. The molecule has 4 aromatic rings. The van der Waals surface area contributed by atoms with E-state index in [1.807, 2.05) is 31.2 Å². The van der Waals surface area contributed by atoms with Crippen LogP contribution in [0, 0.1) is 10.1 Å². The van der Waals surface area contributed by atoms with Crippen LogP contribution in [0.3, 0.4) is 0 Å². The summed E-state index contributed by atoms with van der Waals surface area (Å²) < 4.78 is 11.6. The number of carbonyl (C=O) groups is 1. The third kappa shape index (κ3) is 8.31. The van der Waals surface area contributed by atoms with E-state index in [2.05, 4.69) is 25.4 Å². The van der Waals surface area contributed by atoms with Gasteiger partial charge >= 0.3 is 5.97 Å². The maximum Gasteiger partial charge on any atom is 0.333 e. The van der Waals surface area contributed by atoms with E-state index in [1.165, 1.54) is 50.6 Å². The largest absolute Gasteiger partial charge is 0.494 e. The second kappa shape index (κ2) is 15.0. The Bertz CT molecular complexity index is 1670. The molecule has 15 heteroatoms. The third-order valence-electron chi connectivity index (χ3n) is 6.48. The van der Waals surface area contributed by atoms with Crippen molar-refractivity contribution >= 4 is 40.1 Å². The zero-order valence-corrected chi connectivity index (χ0v) is 24.7. The van der Waals surface area contributed by atoms with Gasteiger partial charge in [0.1, 0.15) is 22.9 Å². The van der Waals surface area contributed by atoms with Gasteiger partial charge in [-0.2, -0.15) is 10.2 Å². The molecule has 0 bridgehead atoms. The van der Waals surface area contributed by atoms with Gasteiger partial charge in [0.15, 0.2) is 0 Å². The van der Waals surface area contributed by atoms with E-state index < -0.39 is 10.9 Å². The number of hydrogen-bond donors (Lipinski definition) is 2. The van der Waals surface area contributed by atoms with Crippen molar-refractivity contribution in [2.45, 2.75) is 19.8 Å². The molecule has 15 nitrogen and oxygen atoms in total. The monoisotopic (exact) mass is 617 g/mol. The smallest absolute Gasteiger partial charge is 0.333 e. The number of nitro benzene ring substituents is 1. The van der Waals surface area contributed by atoms with E-state index >= 15 is 0 Å². The second-order valence-corrected chi connectivity index (χ2v) is 9.38. The molecule has 1 heterocycles. The fourth-order valence-electron chi connectivity index (χ4n) is 4.14. The minimum absolute atomic E-state index is 0.0465. The van der Waals surface area contributed by atoms with Gasteiger partial charge in [-0.3, -0.25) is 10.1 Å². The van der Waals surface area contributed by atoms with Crippen molar-refractivity contribution in [1.29, 1.82) is 0 Å². The summed E-state index contributed by atoms with van der Waals surface area (Å²) in [6, 6.07) is 18.7. The Morgan fingerprint density at radius 1 is 0.844 bits per heavy atom. The Labute approximate surface area is 257 Å². The molecule has 0 aliphatic heterocycles. The maximum atomic E-state index is 12.1. The Balaban J connectivity index is 1.39. The van der Waals surface area contributed by atoms with E-state index in [0.29, 0.717) is 58.5 Å². The molecular formula is C30H31N7O8. The molecule has 45 heavy (non-hydrogen) atoms. The molecule has 2 N–H and O–H groups in total. The van der Waals surface area contributed by atoms with Crippen LogP contribution in [0.25, 0.3) is 0 Å². The summed E-state index contributed by atoms with van der Waals surface area (Å²) in [5.41, 5.74) is 2.66. The molecule has 0 fully saturated rings. The van der Waals surface area contributed by atoms with Gasteiger partial charge in [0.2, 0.25) is 11.8 Å². The molecule has 3 aromatic carbocycles. The average Bonchev–Trinajstić information content (AvgIpc) is 3.37. The second-order valence-electron chi connectivity index (χ2n) is 9.38. The van der Waals surface area contributed by atoms with Gasteiger partial charge in [-0.05, 0) is 49.7 Å². The first-order valence-electron chi connectivity index (χ1n) is 13.7. The third-order valence-corrected chi connectivity index (χ3v) is 6.48. The van der Waals surface area contributed by atoms with Crippen molar-refractivity contribution in [3.63, 3.8) is 0 Å². The topological polar surface area (TPSA) is 186 Å². The molecule has 4 rings (SSSR count). The Morgan fingerprint density at radius 3 is 1.82 bits per heavy atom. The SMILES string of the molecule is CCN(CCCC(=O)On1c(O)ccc1O)c1ccc(N=Nc2cc(OC)c(N=Nc3ccc([N+](=O)[O-])cc3)cc2OC)cc1. The lowest BCUT2D eigenvalue weighted by atomic mass is 10.2. The first kappa shape index (κ1) is 31.9. The number of aromatic nitrogens is 1. The van der Waals surface area contributed by atoms with Crippen LogP contribution in [0.1, 0.15) is 19.8 Å². The van der Waals surface area contributed by atoms with Crippen molar-refractivity contribution in [1.82, 2.24) is 4.73 Å². The minimum Gasteiger partial charge on any atom is -0.494 e. The summed E-state index contributed by atoms with van der Waals surface area (Å²) in [6.45, 7) is 3.26. The van der Waals surface area contributed by atoms with Crippen molar-refractivity contribution in [2.75, 3.05) is 32.2 Å². The number of benzene rings is 3. The Kier molecular flexibility index (Phi) is 10.6. The van der Waals surface area contributed by atoms with Crippen molar-refractivity contribution in [3.05, 3.63) is 82.9 Å². The van der Waals surface area contributed by atoms with Crippen molar-refractivity contribution in [3.8, 4) is 23.3 Å². The molecule has 0 unspecified atom stereocenters. The van der Waals surface area contributed by atoms with Crippen LogP contribution in [0.5, 0.6) is 23.3 Å². The zero-order valence-electron chi connectivity index (χ0n) is 24.7. The summed E-state index contributed by atoms with van der Waals surface area (Å²) in [5, 5.41) is 47.1. The van der Waals surface area contributed by atoms with E-state index in [9.17, 15) is 25.1 Å². The normalized spacial score (nSPS) is 11.2. The molecule has 1 aromatic heterocycles. The number of ether oxygens (including phenoxy) is 2. The molecule has 0 aliphatic carbocycles. The molecule has 0 amide bonds. The van der Waals surface area contributed by atoms with Crippen LogP contribution in [0.15, 0.2) is 93.3 Å². The van der Waals surface area contributed by atoms with Gasteiger partial charge < -0.3 is 29.4 Å². The first-order chi connectivity index (χ1) is 21.7. The van der Waals surface area contributed by atoms with Crippen LogP contribution in [0.2, 0.25) is 0 Å². The number of nitrogens with zero attached hydrogens (tertiary/aromatic N) is 7. The quantitative estimate of drug-likeness (QED) is 0.0860. The van der Waals surface area contributed by atoms with Crippen LogP contribution >= 0.6 is 0 Å². The molecule has 234 valence electrons. The maximum absolute atomic E-state index is 12.1. The molecule has 0 aliphatic rings. The number of aromatic hydroxyl groups is 2. The summed E-state index contributed by atoms with van der Waals surface area (Å²) in [7, 11) is 2.97. The molecular weight excluding hydrogens is 586 g/mol. The number of hydrogen-bond acceptors (Lipinski definition) is 13. The highest BCUT2D eigenvalue weighted by molar-refractivity contribution is 5.70. The summed E-state index contributed by atoms with van der Waals surface area (Å²) >= 11 is 0. The highest BCUT2D eigenvalue weighted by Crippen LogP contribution is 2.41. The van der Waals surface area contributed by atoms with Gasteiger partial charge in [0, 0.05) is 61.6 Å². The highest BCUT2D eigenvalue weighted by Gasteiger charge is 2.14. The average molecular weight is 618 g/mol. The van der Waals surface area contributed by atoms with Gasteiger partial charge in [-0.15, -0.1) is 15.0 Å². The number of methoxy groups -OCH3 is 2. The van der Waals surface area contributed by atoms with E-state index in [-0.39, 0.29) is 23.9 Å². The van der Waals surface area contributed by atoms with E-state index in [1.54, 1.807) is 12.1 Å². The van der Waals surface area contributed by atoms with Crippen molar-refractivity contribution in [2.24, 2.45) is 20.5 Å². The summed E-state index contributed by atoms with van der Waals surface area (Å²) in [4.78, 5) is 29.6. The lowest BCUT2D eigenvalue weighted by molar-refractivity contribution is -0.384. The number of anilines is 1. The van der Waals surface area contributed by atoms with E-state index in [0.717, 1.165) is 5.69 Å². The molecule has 0 saturated heterocycles. The zero-order chi connectivity index (χ0) is 32.3. The van der Waals surface area contributed by atoms with Crippen LogP contribution in [-0.2, 0) is 4.79 Å². The van der Waals surface area contributed by atoms with Gasteiger partial charge in [-0.1, -0.05) is 0 Å². The predicted octanol–water partition coefficient (Wildman–Crippen LogP) is 6.92. The Hall–Kier alpha value is -5.99. The first-order valence-corrected chi connectivity index (χ1v) is 13.7. The minimum atomic E-state index is -0.587. The van der Waals surface area contributed by atoms with Crippen molar-refractivity contribution < 1.29 is 34.2 Å². The van der Waals surface area contributed by atoms with Crippen LogP contribution in [0.4, 0.5) is 34.1 Å². The van der Waals surface area contributed by atoms with Gasteiger partial charge in [0.05, 0.1) is 30.5 Å². The van der Waals surface area contributed by atoms with E-state index in [4.69, 9.17) is 14.3 Å². The molecule has 0 saturated carbocycles. The number of azo groups is 2. The molecule has 0 atom stereocenters. The lowest BCUT2D eigenvalue weighted by Crippen LogP contribution is -2.25. The van der Waals surface area contributed by atoms with Crippen LogP contribution in [-0.4, -0.2) is 53.1 Å². The summed E-state index contributed by atoms with van der Waals surface area (Å²) in [6.07, 6.45) is 0.574. The standard InChI is InChI=1S/C30H31N7O8/c1-4-35(17-5-6-30(40)45-36-28(38)15-16-29(36)39)22-11-7-20(8-12-22)31-33-24-18-27(44-3)25(19-26(24)43-2)34-32-21-9-13-23(14-10-21)37(41)42/h7-16,18-19,38-39H,4-6,17H2,1-3H3. The predicted molar refractivity (Wildman–Crippen MR) is 164 cm³/mol. The number of carbonyl (C=O) groups excluding carboxylic acids is 1. The fourth-order valence-corrected chi connectivity index (χ4v) is 4.14. The van der Waals surface area contributed by atoms with Gasteiger partial charge in [0.25, 0.3) is 5.69 Å². The van der Waals surface area contributed by atoms with Gasteiger partial charge in [-0.25, -0.2) is 4.79 Å². The molecule has 0 radical (unpaired) electrons.